The number of carbonyl (C=O) groups excluding carboxylic acids is 2. The summed E-state index contributed by atoms with van der Waals surface area (Å²) in [6.07, 6.45) is 6.12. The van der Waals surface area contributed by atoms with Crippen LogP contribution in [0, 0.1) is 13.8 Å². The molecule has 2 aromatic heterocycles. The standard InChI is InChI=1S/C24H31N5O3/c1-4-5-21(30)28-11-9-19-17(13-28)14-29(18-6-7-18)24(32)22(19)23(31)25-10-8-20-26-15(2)12-16(3)27-20/h12,14,18H,4-11,13H2,1-3H3,(H,25,31). The van der Waals surface area contributed by atoms with Crippen molar-refractivity contribution in [3.63, 3.8) is 0 Å². The Morgan fingerprint density at radius 2 is 1.91 bits per heavy atom. The van der Waals surface area contributed by atoms with Crippen LogP contribution in [0.25, 0.3) is 0 Å². The van der Waals surface area contributed by atoms with Gasteiger partial charge < -0.3 is 14.8 Å². The topological polar surface area (TPSA) is 97.2 Å². The molecule has 0 spiro atoms. The lowest BCUT2D eigenvalue weighted by Gasteiger charge is -2.30. The number of aryl methyl sites for hydroxylation is 2. The molecule has 1 N–H and O–H groups in total. The first-order valence-corrected chi connectivity index (χ1v) is 11.5. The first-order valence-electron chi connectivity index (χ1n) is 11.5. The van der Waals surface area contributed by atoms with Crippen LogP contribution in [0.4, 0.5) is 0 Å². The van der Waals surface area contributed by atoms with Crippen molar-refractivity contribution in [3.8, 4) is 0 Å². The zero-order valence-corrected chi connectivity index (χ0v) is 19.1. The number of fused-ring (bicyclic) bond motifs is 1. The van der Waals surface area contributed by atoms with Crippen LogP contribution in [-0.2, 0) is 24.2 Å². The van der Waals surface area contributed by atoms with E-state index in [4.69, 9.17) is 0 Å². The molecule has 0 radical (unpaired) electrons. The minimum Gasteiger partial charge on any atom is -0.351 e. The molecule has 2 aromatic rings. The van der Waals surface area contributed by atoms with Gasteiger partial charge in [0.1, 0.15) is 11.4 Å². The maximum Gasteiger partial charge on any atom is 0.263 e. The van der Waals surface area contributed by atoms with Crippen LogP contribution in [-0.4, -0.2) is 44.3 Å². The van der Waals surface area contributed by atoms with Gasteiger partial charge in [0.05, 0.1) is 0 Å². The maximum atomic E-state index is 13.2. The molecule has 1 saturated carbocycles. The molecule has 0 unspecified atom stereocenters. The van der Waals surface area contributed by atoms with Crippen LogP contribution in [0.2, 0.25) is 0 Å². The van der Waals surface area contributed by atoms with E-state index < -0.39 is 0 Å². The lowest BCUT2D eigenvalue weighted by molar-refractivity contribution is -0.132. The van der Waals surface area contributed by atoms with Crippen molar-refractivity contribution in [2.24, 2.45) is 0 Å². The summed E-state index contributed by atoms with van der Waals surface area (Å²) < 4.78 is 1.70. The van der Waals surface area contributed by atoms with E-state index in [9.17, 15) is 14.4 Å². The average molecular weight is 438 g/mol. The zero-order valence-electron chi connectivity index (χ0n) is 19.1. The average Bonchev–Trinajstić information content (AvgIpc) is 3.57. The van der Waals surface area contributed by atoms with Crippen LogP contribution >= 0.6 is 0 Å². The Morgan fingerprint density at radius 1 is 1.19 bits per heavy atom. The molecule has 0 bridgehead atoms. The molecule has 4 rings (SSSR count). The third-order valence-electron chi connectivity index (χ3n) is 6.07. The van der Waals surface area contributed by atoms with Crippen LogP contribution in [0.5, 0.6) is 0 Å². The third-order valence-corrected chi connectivity index (χ3v) is 6.07. The van der Waals surface area contributed by atoms with Crippen molar-refractivity contribution in [3.05, 3.63) is 56.5 Å². The fraction of sp³-hybridized carbons (Fsp3) is 0.542. The van der Waals surface area contributed by atoms with Crippen molar-refractivity contribution in [1.29, 1.82) is 0 Å². The Kier molecular flexibility index (Phi) is 6.39. The molecule has 0 atom stereocenters. The second-order valence-corrected chi connectivity index (χ2v) is 8.84. The highest BCUT2D eigenvalue weighted by molar-refractivity contribution is 5.95. The molecule has 8 nitrogen and oxygen atoms in total. The largest absolute Gasteiger partial charge is 0.351 e. The van der Waals surface area contributed by atoms with E-state index in [1.54, 1.807) is 4.57 Å². The number of rotatable bonds is 7. The number of nitrogens with zero attached hydrogens (tertiary/aromatic N) is 4. The van der Waals surface area contributed by atoms with Crippen molar-refractivity contribution < 1.29 is 9.59 Å². The number of amides is 2. The SMILES string of the molecule is CCCC(=O)N1CCc2c(cn(C3CC3)c(=O)c2C(=O)NCCc2nc(C)cc(C)n2)C1. The number of pyridine rings is 1. The highest BCUT2D eigenvalue weighted by Crippen LogP contribution is 2.34. The number of aromatic nitrogens is 3. The molecule has 0 saturated heterocycles. The van der Waals surface area contributed by atoms with E-state index in [0.29, 0.717) is 44.7 Å². The van der Waals surface area contributed by atoms with E-state index >= 15 is 0 Å². The summed E-state index contributed by atoms with van der Waals surface area (Å²) >= 11 is 0. The van der Waals surface area contributed by atoms with Crippen LogP contribution in [0.1, 0.15) is 77.3 Å². The van der Waals surface area contributed by atoms with Gasteiger partial charge in [-0.1, -0.05) is 6.92 Å². The van der Waals surface area contributed by atoms with E-state index in [2.05, 4.69) is 15.3 Å². The third kappa shape index (κ3) is 4.74. The highest BCUT2D eigenvalue weighted by Gasteiger charge is 2.32. The summed E-state index contributed by atoms with van der Waals surface area (Å²) in [5.74, 6) is 0.457. The lowest BCUT2D eigenvalue weighted by Crippen LogP contribution is -2.41. The molecule has 1 fully saturated rings. The molecule has 3 heterocycles. The van der Waals surface area contributed by atoms with Gasteiger partial charge in [-0.2, -0.15) is 0 Å². The second kappa shape index (κ2) is 9.22. The van der Waals surface area contributed by atoms with Crippen molar-refractivity contribution >= 4 is 11.8 Å². The molecule has 32 heavy (non-hydrogen) atoms. The van der Waals surface area contributed by atoms with Gasteiger partial charge in [0, 0.05) is 56.1 Å². The van der Waals surface area contributed by atoms with Gasteiger partial charge in [-0.3, -0.25) is 14.4 Å². The first-order chi connectivity index (χ1) is 15.4. The van der Waals surface area contributed by atoms with E-state index in [1.807, 2.05) is 37.9 Å². The fourth-order valence-electron chi connectivity index (χ4n) is 4.41. The number of nitrogens with one attached hydrogen (secondary N) is 1. The Morgan fingerprint density at radius 3 is 2.56 bits per heavy atom. The molecule has 170 valence electrons. The normalized spacial score (nSPS) is 15.4. The van der Waals surface area contributed by atoms with Gasteiger partial charge in [-0.25, -0.2) is 9.97 Å². The summed E-state index contributed by atoms with van der Waals surface area (Å²) in [4.78, 5) is 49.4. The fourth-order valence-corrected chi connectivity index (χ4v) is 4.41. The molecule has 8 heteroatoms. The van der Waals surface area contributed by atoms with Crippen molar-refractivity contribution in [1.82, 2.24) is 24.8 Å². The second-order valence-electron chi connectivity index (χ2n) is 8.84. The summed E-state index contributed by atoms with van der Waals surface area (Å²) in [7, 11) is 0. The lowest BCUT2D eigenvalue weighted by atomic mass is 9.95. The molecule has 1 aliphatic carbocycles. The quantitative estimate of drug-likeness (QED) is 0.717. The Labute approximate surface area is 188 Å². The number of hydrogen-bond donors (Lipinski definition) is 1. The van der Waals surface area contributed by atoms with Gasteiger partial charge >= 0.3 is 0 Å². The van der Waals surface area contributed by atoms with Gasteiger partial charge in [-0.05, 0) is 56.7 Å². The monoisotopic (exact) mass is 437 g/mol. The molecule has 0 aromatic carbocycles. The zero-order chi connectivity index (χ0) is 22.8. The molecule has 1 aliphatic heterocycles. The molecular weight excluding hydrogens is 406 g/mol. The van der Waals surface area contributed by atoms with Crippen LogP contribution in [0.15, 0.2) is 17.1 Å². The Bertz CT molecular complexity index is 1080. The predicted molar refractivity (Wildman–Crippen MR) is 121 cm³/mol. The van der Waals surface area contributed by atoms with Gasteiger partial charge in [0.2, 0.25) is 5.91 Å². The summed E-state index contributed by atoms with van der Waals surface area (Å²) in [6.45, 7) is 7.18. The van der Waals surface area contributed by atoms with Gasteiger partial charge in [0.25, 0.3) is 11.5 Å². The molecule has 2 aliphatic rings. The van der Waals surface area contributed by atoms with Crippen LogP contribution < -0.4 is 10.9 Å². The molecular formula is C24H31N5O3. The smallest absolute Gasteiger partial charge is 0.263 e. The van der Waals surface area contributed by atoms with E-state index in [0.717, 1.165) is 41.8 Å². The van der Waals surface area contributed by atoms with Crippen molar-refractivity contribution in [2.45, 2.75) is 71.9 Å². The Balaban J connectivity index is 1.55. The molecule has 2 amide bonds. The first kappa shape index (κ1) is 22.2. The Hall–Kier alpha value is -3.03. The van der Waals surface area contributed by atoms with Crippen molar-refractivity contribution in [2.75, 3.05) is 13.1 Å². The van der Waals surface area contributed by atoms with E-state index in [1.165, 1.54) is 0 Å². The summed E-state index contributed by atoms with van der Waals surface area (Å²) in [5.41, 5.74) is 3.50. The summed E-state index contributed by atoms with van der Waals surface area (Å²) in [6, 6.07) is 2.07. The number of hydrogen-bond acceptors (Lipinski definition) is 5. The highest BCUT2D eigenvalue weighted by atomic mass is 16.2. The van der Waals surface area contributed by atoms with E-state index in [-0.39, 0.29) is 29.0 Å². The summed E-state index contributed by atoms with van der Waals surface area (Å²) in [5, 5.41) is 2.91. The minimum atomic E-state index is -0.348. The minimum absolute atomic E-state index is 0.127. The van der Waals surface area contributed by atoms with Gasteiger partial charge in [-0.15, -0.1) is 0 Å². The van der Waals surface area contributed by atoms with Crippen LogP contribution in [0.3, 0.4) is 0 Å². The van der Waals surface area contributed by atoms with Gasteiger partial charge in [0.15, 0.2) is 0 Å². The number of carbonyl (C=O) groups is 2. The maximum absolute atomic E-state index is 13.2. The predicted octanol–water partition coefficient (Wildman–Crippen LogP) is 2.25.